The van der Waals surface area contributed by atoms with E-state index in [-0.39, 0.29) is 25.2 Å². The van der Waals surface area contributed by atoms with Gasteiger partial charge in [0.15, 0.2) is 6.73 Å². The maximum atomic E-state index is 12.3. The molecule has 1 saturated heterocycles. The molecule has 27 heavy (non-hydrogen) atoms. The van der Waals surface area contributed by atoms with Crippen molar-refractivity contribution in [2.24, 2.45) is 0 Å². The number of anilines is 1. The highest BCUT2D eigenvalue weighted by Gasteiger charge is 2.22. The van der Waals surface area contributed by atoms with Crippen molar-refractivity contribution in [3.63, 3.8) is 0 Å². The zero-order valence-corrected chi connectivity index (χ0v) is 17.1. The summed E-state index contributed by atoms with van der Waals surface area (Å²) in [6.07, 6.45) is 0. The minimum Gasteiger partial charge on any atom is -0.473 e. The summed E-state index contributed by atoms with van der Waals surface area (Å²) >= 11 is 5.84. The van der Waals surface area contributed by atoms with Crippen molar-refractivity contribution in [2.45, 2.75) is 13.8 Å². The third-order valence-electron chi connectivity index (χ3n) is 4.76. The zero-order chi connectivity index (χ0) is 18.5. The fourth-order valence-corrected chi connectivity index (χ4v) is 3.18. The summed E-state index contributed by atoms with van der Waals surface area (Å²) in [6, 6.07) is 13.3. The highest BCUT2D eigenvalue weighted by molar-refractivity contribution is 6.30. The van der Waals surface area contributed by atoms with Gasteiger partial charge in [-0.15, -0.1) is 12.4 Å². The number of hydrogen-bond donors (Lipinski definition) is 1. The van der Waals surface area contributed by atoms with Gasteiger partial charge in [-0.2, -0.15) is 0 Å². The van der Waals surface area contributed by atoms with Crippen molar-refractivity contribution in [3.05, 3.63) is 58.6 Å². The molecule has 5 nitrogen and oxygen atoms in total. The van der Waals surface area contributed by atoms with Gasteiger partial charge in [-0.05, 0) is 55.3 Å². The lowest BCUT2D eigenvalue weighted by atomic mass is 10.1. The van der Waals surface area contributed by atoms with Gasteiger partial charge in [-0.25, -0.2) is 4.79 Å². The van der Waals surface area contributed by atoms with Gasteiger partial charge >= 0.3 is 6.03 Å². The summed E-state index contributed by atoms with van der Waals surface area (Å²) in [5.74, 6) is 0.675. The van der Waals surface area contributed by atoms with Crippen molar-refractivity contribution in [1.82, 2.24) is 10.2 Å². The molecule has 0 aromatic heterocycles. The number of amides is 2. The van der Waals surface area contributed by atoms with E-state index in [1.54, 1.807) is 24.3 Å². The number of piperazine rings is 1. The van der Waals surface area contributed by atoms with Crippen molar-refractivity contribution in [3.8, 4) is 5.75 Å². The molecule has 0 bridgehead atoms. The van der Waals surface area contributed by atoms with Gasteiger partial charge in [0.05, 0.1) is 0 Å². The Kier molecular flexibility index (Phi) is 7.63. The van der Waals surface area contributed by atoms with E-state index in [1.165, 1.54) is 16.8 Å². The number of nitrogens with zero attached hydrogens (tertiary/aromatic N) is 2. The molecule has 1 fully saturated rings. The Balaban J connectivity index is 0.00000261. The van der Waals surface area contributed by atoms with Gasteiger partial charge in [0.1, 0.15) is 5.75 Å². The Morgan fingerprint density at radius 3 is 2.41 bits per heavy atom. The molecular weight excluding hydrogens is 385 g/mol. The van der Waals surface area contributed by atoms with Gasteiger partial charge in [-0.1, -0.05) is 23.7 Å². The normalized spacial score (nSPS) is 13.7. The molecule has 2 amide bonds. The Morgan fingerprint density at radius 1 is 1.07 bits per heavy atom. The molecule has 0 radical (unpaired) electrons. The molecular formula is C20H25Cl2N3O2. The van der Waals surface area contributed by atoms with E-state index in [0.717, 1.165) is 13.1 Å². The molecule has 1 aliphatic heterocycles. The molecule has 3 rings (SSSR count). The van der Waals surface area contributed by atoms with Crippen LogP contribution < -0.4 is 15.0 Å². The monoisotopic (exact) mass is 409 g/mol. The van der Waals surface area contributed by atoms with Crippen LogP contribution in [0.2, 0.25) is 5.02 Å². The Labute approximate surface area is 171 Å². The molecule has 0 aliphatic carbocycles. The second-order valence-corrected chi connectivity index (χ2v) is 6.85. The lowest BCUT2D eigenvalue weighted by molar-refractivity contribution is 0.181. The van der Waals surface area contributed by atoms with E-state index in [9.17, 15) is 4.79 Å². The van der Waals surface area contributed by atoms with Crippen LogP contribution in [-0.2, 0) is 0 Å². The number of rotatable bonds is 4. The third kappa shape index (κ3) is 5.44. The van der Waals surface area contributed by atoms with Crippen molar-refractivity contribution < 1.29 is 9.53 Å². The van der Waals surface area contributed by atoms with Crippen LogP contribution in [0.25, 0.3) is 0 Å². The second-order valence-electron chi connectivity index (χ2n) is 6.42. The fraction of sp³-hybridized carbons (Fsp3) is 0.350. The number of urea groups is 1. The number of aryl methyl sites for hydroxylation is 1. The van der Waals surface area contributed by atoms with Crippen LogP contribution in [0.1, 0.15) is 11.1 Å². The van der Waals surface area contributed by atoms with Gasteiger partial charge in [-0.3, -0.25) is 0 Å². The van der Waals surface area contributed by atoms with Gasteiger partial charge in [0, 0.05) is 36.9 Å². The molecule has 2 aromatic carbocycles. The van der Waals surface area contributed by atoms with Gasteiger partial charge in [0.25, 0.3) is 0 Å². The summed E-state index contributed by atoms with van der Waals surface area (Å²) in [7, 11) is 0. The quantitative estimate of drug-likeness (QED) is 0.767. The first-order chi connectivity index (χ1) is 12.5. The lowest BCUT2D eigenvalue weighted by Crippen LogP contribution is -2.52. The largest absolute Gasteiger partial charge is 0.473 e. The summed E-state index contributed by atoms with van der Waals surface area (Å²) in [6.45, 7) is 7.46. The van der Waals surface area contributed by atoms with E-state index in [2.05, 4.69) is 42.3 Å². The SMILES string of the molecule is Cc1cccc(N2CCN(C(=O)NCOc3ccc(Cl)cc3)CC2)c1C.Cl. The molecule has 1 aliphatic rings. The van der Waals surface area contributed by atoms with Crippen molar-refractivity contribution in [1.29, 1.82) is 0 Å². The number of halogens is 2. The zero-order valence-electron chi connectivity index (χ0n) is 15.6. The summed E-state index contributed by atoms with van der Waals surface area (Å²) in [5.41, 5.74) is 3.86. The average Bonchev–Trinajstić information content (AvgIpc) is 2.66. The second kappa shape index (κ2) is 9.72. The third-order valence-corrected chi connectivity index (χ3v) is 5.01. The number of carbonyl (C=O) groups excluding carboxylic acids is 1. The van der Waals surface area contributed by atoms with Crippen LogP contribution >= 0.6 is 24.0 Å². The molecule has 146 valence electrons. The summed E-state index contributed by atoms with van der Waals surface area (Å²) < 4.78 is 5.51. The number of ether oxygens (including phenoxy) is 1. The van der Waals surface area contributed by atoms with Crippen LogP contribution in [-0.4, -0.2) is 43.8 Å². The molecule has 1 N–H and O–H groups in total. The van der Waals surface area contributed by atoms with Gasteiger partial charge < -0.3 is 19.9 Å². The Morgan fingerprint density at radius 2 is 1.74 bits per heavy atom. The smallest absolute Gasteiger partial charge is 0.320 e. The highest BCUT2D eigenvalue weighted by Crippen LogP contribution is 2.23. The van der Waals surface area contributed by atoms with E-state index >= 15 is 0 Å². The van der Waals surface area contributed by atoms with E-state index in [1.807, 2.05) is 4.90 Å². The molecule has 0 spiro atoms. The maximum absolute atomic E-state index is 12.3. The molecule has 0 atom stereocenters. The highest BCUT2D eigenvalue weighted by atomic mass is 35.5. The van der Waals surface area contributed by atoms with E-state index in [0.29, 0.717) is 23.9 Å². The fourth-order valence-electron chi connectivity index (χ4n) is 3.05. The molecule has 0 saturated carbocycles. The topological polar surface area (TPSA) is 44.8 Å². The van der Waals surface area contributed by atoms with Crippen LogP contribution in [0, 0.1) is 13.8 Å². The number of benzene rings is 2. The first-order valence-electron chi connectivity index (χ1n) is 8.77. The number of carbonyl (C=O) groups is 1. The first-order valence-corrected chi connectivity index (χ1v) is 9.14. The summed E-state index contributed by atoms with van der Waals surface area (Å²) in [4.78, 5) is 16.5. The first kappa shape index (κ1) is 21.2. The average molecular weight is 410 g/mol. The standard InChI is InChI=1S/C20H24ClN3O2.ClH/c1-15-4-3-5-19(16(15)2)23-10-12-24(13-11-23)20(25)22-14-26-18-8-6-17(21)7-9-18;/h3-9H,10-14H2,1-2H3,(H,22,25);1H. The van der Waals surface area contributed by atoms with E-state index < -0.39 is 0 Å². The summed E-state index contributed by atoms with van der Waals surface area (Å²) in [5, 5.41) is 3.46. The van der Waals surface area contributed by atoms with E-state index in [4.69, 9.17) is 16.3 Å². The van der Waals surface area contributed by atoms with Crippen molar-refractivity contribution in [2.75, 3.05) is 37.8 Å². The van der Waals surface area contributed by atoms with Crippen LogP contribution in [0.15, 0.2) is 42.5 Å². The maximum Gasteiger partial charge on any atom is 0.320 e. The molecule has 2 aromatic rings. The number of hydrogen-bond acceptors (Lipinski definition) is 3. The van der Waals surface area contributed by atoms with Crippen LogP contribution in [0.5, 0.6) is 5.75 Å². The molecule has 7 heteroatoms. The van der Waals surface area contributed by atoms with Gasteiger partial charge in [0.2, 0.25) is 0 Å². The number of nitrogens with one attached hydrogen (secondary N) is 1. The predicted molar refractivity (Wildman–Crippen MR) is 112 cm³/mol. The molecule has 1 heterocycles. The Bertz CT molecular complexity index is 760. The minimum absolute atomic E-state index is 0. The minimum atomic E-state index is -0.0976. The van der Waals surface area contributed by atoms with Crippen LogP contribution in [0.4, 0.5) is 10.5 Å². The Hall–Kier alpha value is -2.11. The molecule has 0 unspecified atom stereocenters. The van der Waals surface area contributed by atoms with Crippen LogP contribution in [0.3, 0.4) is 0 Å². The lowest BCUT2D eigenvalue weighted by Gasteiger charge is -2.37. The van der Waals surface area contributed by atoms with Crippen molar-refractivity contribution >= 4 is 35.7 Å². The predicted octanol–water partition coefficient (Wildman–Crippen LogP) is 4.25.